The van der Waals surface area contributed by atoms with E-state index in [2.05, 4.69) is 229 Å². The summed E-state index contributed by atoms with van der Waals surface area (Å²) in [4.78, 5) is 2.75. The SMILES string of the molecule is c1ccc2c(c1)Cc1cccc(CCN(Cc3ccc4c(c3)C3(c5ccccc5C4)c4ccccc4-c4ccccc43)Cc3ccc4c(c3)C3(c5ccccc5C4)c4ccccc4-c4ccccc43)c1-2. The lowest BCUT2D eigenvalue weighted by Crippen LogP contribution is -2.35. The van der Waals surface area contributed by atoms with E-state index in [4.69, 9.17) is 0 Å². The van der Waals surface area contributed by atoms with Crippen LogP contribution in [0.15, 0.2) is 224 Å². The Kier molecular flexibility index (Phi) is 8.78. The maximum absolute atomic E-state index is 2.75. The molecule has 15 rings (SSSR count). The van der Waals surface area contributed by atoms with E-state index in [0.717, 1.165) is 45.3 Å². The minimum absolute atomic E-state index is 0.382. The first-order valence-corrected chi connectivity index (χ1v) is 25.4. The van der Waals surface area contributed by atoms with E-state index in [-0.39, 0.29) is 10.8 Å². The summed E-state index contributed by atoms with van der Waals surface area (Å²) in [6.45, 7) is 2.62. The molecule has 1 heteroatoms. The molecule has 70 heavy (non-hydrogen) atoms. The van der Waals surface area contributed by atoms with Crippen LogP contribution in [0.25, 0.3) is 33.4 Å². The molecule has 0 saturated carbocycles. The fourth-order valence-electron chi connectivity index (χ4n) is 14.3. The fraction of sp³-hybridized carbons (Fsp3) is 0.130. The van der Waals surface area contributed by atoms with E-state index in [1.165, 1.54) is 128 Å². The summed E-state index contributed by atoms with van der Waals surface area (Å²) in [7, 11) is 0. The van der Waals surface area contributed by atoms with Gasteiger partial charge in [-0.05, 0) is 154 Å². The van der Waals surface area contributed by atoms with Crippen LogP contribution in [0, 0.1) is 0 Å². The first kappa shape index (κ1) is 40.1. The zero-order chi connectivity index (χ0) is 46.0. The van der Waals surface area contributed by atoms with E-state index in [0.29, 0.717) is 0 Å². The molecule has 0 N–H and O–H groups in total. The van der Waals surface area contributed by atoms with Gasteiger partial charge in [-0.3, -0.25) is 4.90 Å². The lowest BCUT2D eigenvalue weighted by atomic mass is 9.61. The minimum atomic E-state index is -0.382. The predicted molar refractivity (Wildman–Crippen MR) is 286 cm³/mol. The van der Waals surface area contributed by atoms with Crippen LogP contribution in [0.5, 0.6) is 0 Å². The topological polar surface area (TPSA) is 3.24 Å². The van der Waals surface area contributed by atoms with Crippen LogP contribution in [0.3, 0.4) is 0 Å². The van der Waals surface area contributed by atoms with Gasteiger partial charge in [0.05, 0.1) is 10.8 Å². The maximum Gasteiger partial charge on any atom is 0.0719 e. The van der Waals surface area contributed by atoms with Crippen molar-refractivity contribution in [2.45, 2.75) is 49.6 Å². The van der Waals surface area contributed by atoms with Crippen molar-refractivity contribution in [3.63, 3.8) is 0 Å². The summed E-state index contributed by atoms with van der Waals surface area (Å²) < 4.78 is 0. The molecule has 0 radical (unpaired) electrons. The van der Waals surface area contributed by atoms with Crippen molar-refractivity contribution in [3.8, 4) is 33.4 Å². The first-order chi connectivity index (χ1) is 34.7. The smallest absolute Gasteiger partial charge is 0.0719 e. The van der Waals surface area contributed by atoms with Gasteiger partial charge in [-0.2, -0.15) is 0 Å². The Hall–Kier alpha value is -7.84. The summed E-state index contributed by atoms with van der Waals surface area (Å²) >= 11 is 0. The van der Waals surface area contributed by atoms with Gasteiger partial charge in [0.1, 0.15) is 0 Å². The highest BCUT2D eigenvalue weighted by Gasteiger charge is 2.51. The van der Waals surface area contributed by atoms with Crippen molar-refractivity contribution in [2.24, 2.45) is 0 Å². The molecule has 0 atom stereocenters. The lowest BCUT2D eigenvalue weighted by Gasteiger charge is -2.41. The van der Waals surface area contributed by atoms with Gasteiger partial charge in [-0.25, -0.2) is 0 Å². The third-order valence-corrected chi connectivity index (χ3v) is 17.1. The standard InChI is InChI=1S/C69H51N/c1-4-21-54-48(16-1)40-53-20-15-19-47(67(53)54)36-37-70(43-45-32-34-51-41-49-17-2-9-26-59(49)68(65(51)38-45)61-28-11-5-22-55(61)56-23-6-12-29-62(56)68)44-46-33-35-52-42-50-18-3-10-27-60(50)69(66(52)39-46)63-30-13-7-24-57(63)58-25-8-14-31-64(58)69/h1-35,38-39H,36-37,40-44H2. The van der Waals surface area contributed by atoms with Gasteiger partial charge in [0.25, 0.3) is 0 Å². The number of benzene rings is 10. The van der Waals surface area contributed by atoms with E-state index < -0.39 is 0 Å². The van der Waals surface area contributed by atoms with Crippen LogP contribution in [-0.2, 0) is 49.6 Å². The Morgan fingerprint density at radius 3 is 1.16 bits per heavy atom. The monoisotopic (exact) mass is 893 g/mol. The fourth-order valence-corrected chi connectivity index (χ4v) is 14.3. The molecule has 0 fully saturated rings. The van der Waals surface area contributed by atoms with Gasteiger partial charge < -0.3 is 0 Å². The van der Waals surface area contributed by atoms with Gasteiger partial charge in [-0.1, -0.05) is 224 Å². The zero-order valence-electron chi connectivity index (χ0n) is 39.3. The maximum atomic E-state index is 2.75. The second kappa shape index (κ2) is 15.3. The molecule has 332 valence electrons. The second-order valence-electron chi connectivity index (χ2n) is 20.6. The quantitative estimate of drug-likeness (QED) is 0.154. The molecular formula is C69H51N. The van der Waals surface area contributed by atoms with E-state index in [1.807, 2.05) is 0 Å². The summed E-state index contributed by atoms with van der Waals surface area (Å²) in [6, 6.07) is 86.5. The Balaban J connectivity index is 0.870. The van der Waals surface area contributed by atoms with E-state index in [9.17, 15) is 0 Å². The third kappa shape index (κ3) is 5.59. The Morgan fingerprint density at radius 2 is 0.671 bits per heavy atom. The molecule has 0 amide bonds. The minimum Gasteiger partial charge on any atom is -0.295 e. The second-order valence-corrected chi connectivity index (χ2v) is 20.6. The van der Waals surface area contributed by atoms with Gasteiger partial charge in [-0.15, -0.1) is 0 Å². The van der Waals surface area contributed by atoms with Gasteiger partial charge in [0, 0.05) is 19.6 Å². The van der Waals surface area contributed by atoms with Crippen LogP contribution >= 0.6 is 0 Å². The molecule has 0 unspecified atom stereocenters. The van der Waals surface area contributed by atoms with E-state index >= 15 is 0 Å². The number of hydrogen-bond acceptors (Lipinski definition) is 1. The lowest BCUT2D eigenvalue weighted by molar-refractivity contribution is 0.260. The molecular weight excluding hydrogens is 843 g/mol. The van der Waals surface area contributed by atoms with Crippen LogP contribution in [0.4, 0.5) is 0 Å². The van der Waals surface area contributed by atoms with Crippen molar-refractivity contribution in [1.29, 1.82) is 0 Å². The molecule has 2 spiro atoms. The van der Waals surface area contributed by atoms with Crippen molar-refractivity contribution in [2.75, 3.05) is 6.54 Å². The third-order valence-electron chi connectivity index (χ3n) is 17.1. The molecule has 0 heterocycles. The number of rotatable bonds is 7. The van der Waals surface area contributed by atoms with E-state index in [1.54, 1.807) is 0 Å². The van der Waals surface area contributed by atoms with Crippen LogP contribution in [0.2, 0.25) is 0 Å². The Labute approximate surface area is 411 Å². The summed E-state index contributed by atoms with van der Waals surface area (Å²) in [5.74, 6) is 0. The number of nitrogens with zero attached hydrogens (tertiary/aromatic N) is 1. The highest BCUT2D eigenvalue weighted by Crippen LogP contribution is 2.61. The highest BCUT2D eigenvalue weighted by molar-refractivity contribution is 5.89. The number of fused-ring (bicyclic) bond motifs is 21. The molecule has 0 saturated heterocycles. The molecule has 0 aliphatic heterocycles. The number of hydrogen-bond donors (Lipinski definition) is 0. The summed E-state index contributed by atoms with van der Waals surface area (Å²) in [6.07, 6.45) is 3.87. The van der Waals surface area contributed by atoms with Gasteiger partial charge in [0.2, 0.25) is 0 Å². The van der Waals surface area contributed by atoms with Gasteiger partial charge in [0.15, 0.2) is 0 Å². The van der Waals surface area contributed by atoms with Crippen molar-refractivity contribution in [1.82, 2.24) is 4.90 Å². The highest BCUT2D eigenvalue weighted by atomic mass is 15.1. The average Bonchev–Trinajstić information content (AvgIpc) is 4.05. The van der Waals surface area contributed by atoms with Crippen LogP contribution < -0.4 is 0 Å². The molecule has 5 aliphatic rings. The summed E-state index contributed by atoms with van der Waals surface area (Å²) in [5, 5.41) is 0. The zero-order valence-corrected chi connectivity index (χ0v) is 39.3. The van der Waals surface area contributed by atoms with Gasteiger partial charge >= 0.3 is 0 Å². The largest absolute Gasteiger partial charge is 0.295 e. The molecule has 0 aromatic heterocycles. The molecule has 0 bridgehead atoms. The molecule has 10 aromatic rings. The normalized spacial score (nSPS) is 15.0. The predicted octanol–water partition coefficient (Wildman–Crippen LogP) is 15.0. The Bertz CT molecular complexity index is 3500. The average molecular weight is 894 g/mol. The molecule has 5 aliphatic carbocycles. The van der Waals surface area contributed by atoms with Crippen molar-refractivity contribution >= 4 is 0 Å². The molecule has 10 aromatic carbocycles. The molecule has 1 nitrogen and oxygen atoms in total. The summed E-state index contributed by atoms with van der Waals surface area (Å²) in [5.41, 5.74) is 31.6. The first-order valence-electron chi connectivity index (χ1n) is 25.4. The van der Waals surface area contributed by atoms with Crippen LogP contribution in [0.1, 0.15) is 94.6 Å². The van der Waals surface area contributed by atoms with Crippen molar-refractivity contribution < 1.29 is 0 Å². The van der Waals surface area contributed by atoms with Crippen LogP contribution in [-0.4, -0.2) is 11.4 Å². The Morgan fingerprint density at radius 1 is 0.300 bits per heavy atom. The van der Waals surface area contributed by atoms with Crippen molar-refractivity contribution in [3.05, 3.63) is 319 Å².